The van der Waals surface area contributed by atoms with E-state index in [-0.39, 0.29) is 11.9 Å². The second-order valence-electron chi connectivity index (χ2n) is 5.74. The Morgan fingerprint density at radius 2 is 2.24 bits per heavy atom. The van der Waals surface area contributed by atoms with Crippen molar-refractivity contribution in [2.45, 2.75) is 38.5 Å². The number of morpholine rings is 1. The average molecular weight is 297 g/mol. The van der Waals surface area contributed by atoms with Crippen LogP contribution < -0.4 is 4.74 Å². The number of nitrogens with zero attached hydrogens (tertiary/aromatic N) is 1. The van der Waals surface area contributed by atoms with Crippen molar-refractivity contribution in [1.82, 2.24) is 4.90 Å². The van der Waals surface area contributed by atoms with Gasteiger partial charge in [0.05, 0.1) is 25.9 Å². The molecule has 2 atom stereocenters. The molecule has 2 rings (SSSR count). The highest BCUT2D eigenvalue weighted by Crippen LogP contribution is 2.20. The number of benzene rings is 1. The Balaban J connectivity index is 1.97. The van der Waals surface area contributed by atoms with Crippen LogP contribution in [0.1, 0.15) is 19.4 Å². The van der Waals surface area contributed by atoms with E-state index in [4.69, 9.17) is 9.47 Å². The van der Waals surface area contributed by atoms with Crippen molar-refractivity contribution in [2.24, 2.45) is 0 Å². The zero-order valence-corrected chi connectivity index (χ0v) is 12.9. The summed E-state index contributed by atoms with van der Waals surface area (Å²) in [5, 5.41) is 10.3. The predicted molar refractivity (Wildman–Crippen MR) is 79.1 cm³/mol. The second-order valence-corrected chi connectivity index (χ2v) is 5.74. The number of rotatable bonds is 5. The highest BCUT2D eigenvalue weighted by molar-refractivity contribution is 5.29. The molecule has 2 unspecified atom stereocenters. The summed E-state index contributed by atoms with van der Waals surface area (Å²) in [7, 11) is 1.43. The molecule has 21 heavy (non-hydrogen) atoms. The number of aliphatic hydroxyl groups is 1. The molecule has 1 aromatic carbocycles. The maximum absolute atomic E-state index is 13.7. The van der Waals surface area contributed by atoms with E-state index in [0.29, 0.717) is 25.6 Å². The molecule has 1 fully saturated rings. The average Bonchev–Trinajstić information content (AvgIpc) is 2.47. The highest BCUT2D eigenvalue weighted by atomic mass is 19.1. The lowest BCUT2D eigenvalue weighted by atomic mass is 10.0. The Labute approximate surface area is 125 Å². The zero-order chi connectivity index (χ0) is 15.4. The van der Waals surface area contributed by atoms with Gasteiger partial charge in [-0.25, -0.2) is 4.39 Å². The standard InChI is InChI=1S/C16H24FNO3/c1-11(2)18-6-7-21-16(10-18)14(19)9-12-4-5-15(20-3)13(17)8-12/h4-5,8,11,14,16,19H,6-7,9-10H2,1-3H3. The number of ether oxygens (including phenoxy) is 2. The molecule has 0 amide bonds. The fourth-order valence-electron chi connectivity index (χ4n) is 2.61. The maximum Gasteiger partial charge on any atom is 0.165 e. The fraction of sp³-hybridized carbons (Fsp3) is 0.625. The van der Waals surface area contributed by atoms with Crippen molar-refractivity contribution in [3.63, 3.8) is 0 Å². The van der Waals surface area contributed by atoms with E-state index in [9.17, 15) is 9.50 Å². The van der Waals surface area contributed by atoms with E-state index in [1.165, 1.54) is 13.2 Å². The van der Waals surface area contributed by atoms with Gasteiger partial charge < -0.3 is 14.6 Å². The Bertz CT molecular complexity index is 467. The van der Waals surface area contributed by atoms with Crippen molar-refractivity contribution in [2.75, 3.05) is 26.8 Å². The monoisotopic (exact) mass is 297 g/mol. The number of hydrogen-bond donors (Lipinski definition) is 1. The lowest BCUT2D eigenvalue weighted by Gasteiger charge is -2.37. The normalized spacial score (nSPS) is 21.5. The van der Waals surface area contributed by atoms with Gasteiger partial charge in [0.1, 0.15) is 0 Å². The zero-order valence-electron chi connectivity index (χ0n) is 12.9. The van der Waals surface area contributed by atoms with Crippen LogP contribution >= 0.6 is 0 Å². The topological polar surface area (TPSA) is 41.9 Å². The van der Waals surface area contributed by atoms with Gasteiger partial charge in [-0.1, -0.05) is 6.07 Å². The molecule has 0 saturated carbocycles. The number of methoxy groups -OCH3 is 1. The van der Waals surface area contributed by atoms with E-state index < -0.39 is 11.9 Å². The van der Waals surface area contributed by atoms with Crippen LogP contribution in [0.25, 0.3) is 0 Å². The van der Waals surface area contributed by atoms with E-state index >= 15 is 0 Å². The molecule has 0 radical (unpaired) electrons. The van der Waals surface area contributed by atoms with Gasteiger partial charge in [0.15, 0.2) is 11.6 Å². The second kappa shape index (κ2) is 7.20. The Hall–Kier alpha value is -1.17. The summed E-state index contributed by atoms with van der Waals surface area (Å²) in [4.78, 5) is 2.28. The van der Waals surface area contributed by atoms with Gasteiger partial charge in [-0.2, -0.15) is 0 Å². The molecule has 1 aromatic rings. The summed E-state index contributed by atoms with van der Waals surface area (Å²) in [6.45, 7) is 6.48. The third-order valence-electron chi connectivity index (χ3n) is 3.95. The van der Waals surface area contributed by atoms with Gasteiger partial charge in [0, 0.05) is 25.6 Å². The third-order valence-corrected chi connectivity index (χ3v) is 3.95. The van der Waals surface area contributed by atoms with Crippen LogP contribution in [-0.4, -0.2) is 55.1 Å². The first-order valence-corrected chi connectivity index (χ1v) is 7.37. The minimum atomic E-state index is -0.639. The molecule has 0 aromatic heterocycles. The van der Waals surface area contributed by atoms with Crippen LogP contribution in [0.2, 0.25) is 0 Å². The lowest BCUT2D eigenvalue weighted by Crippen LogP contribution is -2.50. The van der Waals surface area contributed by atoms with E-state index in [0.717, 1.165) is 12.1 Å². The van der Waals surface area contributed by atoms with Crippen molar-refractivity contribution < 1.29 is 19.0 Å². The van der Waals surface area contributed by atoms with Gasteiger partial charge in [0.25, 0.3) is 0 Å². The minimum absolute atomic E-state index is 0.216. The number of aliphatic hydroxyl groups excluding tert-OH is 1. The summed E-state index contributed by atoms with van der Waals surface area (Å²) in [5.41, 5.74) is 0.742. The molecule has 0 bridgehead atoms. The summed E-state index contributed by atoms with van der Waals surface area (Å²) in [5.74, 6) is -0.191. The van der Waals surface area contributed by atoms with Gasteiger partial charge in [-0.05, 0) is 31.5 Å². The third kappa shape index (κ3) is 4.15. The Kier molecular flexibility index (Phi) is 5.56. The summed E-state index contributed by atoms with van der Waals surface area (Å²) < 4.78 is 24.2. The lowest BCUT2D eigenvalue weighted by molar-refractivity contribution is -0.0940. The number of halogens is 1. The van der Waals surface area contributed by atoms with Gasteiger partial charge in [0.2, 0.25) is 0 Å². The van der Waals surface area contributed by atoms with Crippen LogP contribution in [0, 0.1) is 5.82 Å². The van der Waals surface area contributed by atoms with Crippen molar-refractivity contribution >= 4 is 0 Å². The molecule has 0 spiro atoms. The van der Waals surface area contributed by atoms with Gasteiger partial charge >= 0.3 is 0 Å². The highest BCUT2D eigenvalue weighted by Gasteiger charge is 2.28. The quantitative estimate of drug-likeness (QED) is 0.900. The molecule has 1 N–H and O–H groups in total. The van der Waals surface area contributed by atoms with Crippen molar-refractivity contribution in [1.29, 1.82) is 0 Å². The molecule has 118 valence electrons. The van der Waals surface area contributed by atoms with Crippen LogP contribution in [0.4, 0.5) is 4.39 Å². The first-order chi connectivity index (χ1) is 10.0. The molecule has 5 heteroatoms. The summed E-state index contributed by atoms with van der Waals surface area (Å²) in [6, 6.07) is 5.20. The van der Waals surface area contributed by atoms with E-state index in [2.05, 4.69) is 18.7 Å². The molecule has 1 heterocycles. The first kappa shape index (κ1) is 16.2. The smallest absolute Gasteiger partial charge is 0.165 e. The largest absolute Gasteiger partial charge is 0.494 e. The maximum atomic E-state index is 13.7. The minimum Gasteiger partial charge on any atom is -0.494 e. The summed E-state index contributed by atoms with van der Waals surface area (Å²) >= 11 is 0. The van der Waals surface area contributed by atoms with Gasteiger partial charge in [-0.3, -0.25) is 4.90 Å². The molecule has 1 saturated heterocycles. The van der Waals surface area contributed by atoms with Crippen LogP contribution in [0.5, 0.6) is 5.75 Å². The molecular weight excluding hydrogens is 273 g/mol. The van der Waals surface area contributed by atoms with Crippen LogP contribution in [0.3, 0.4) is 0 Å². The van der Waals surface area contributed by atoms with Crippen molar-refractivity contribution in [3.05, 3.63) is 29.6 Å². The Morgan fingerprint density at radius 3 is 2.86 bits per heavy atom. The van der Waals surface area contributed by atoms with Crippen molar-refractivity contribution in [3.8, 4) is 5.75 Å². The first-order valence-electron chi connectivity index (χ1n) is 7.37. The SMILES string of the molecule is COc1ccc(CC(O)C2CN(C(C)C)CCO2)cc1F. The molecule has 1 aliphatic heterocycles. The Morgan fingerprint density at radius 1 is 1.48 bits per heavy atom. The van der Waals surface area contributed by atoms with Crippen LogP contribution in [-0.2, 0) is 11.2 Å². The molecule has 4 nitrogen and oxygen atoms in total. The fourth-order valence-corrected chi connectivity index (χ4v) is 2.61. The van der Waals surface area contributed by atoms with E-state index in [1.54, 1.807) is 12.1 Å². The molecular formula is C16H24FNO3. The van der Waals surface area contributed by atoms with Gasteiger partial charge in [-0.15, -0.1) is 0 Å². The molecule has 1 aliphatic rings. The number of hydrogen-bond acceptors (Lipinski definition) is 4. The van der Waals surface area contributed by atoms with Crippen LogP contribution in [0.15, 0.2) is 18.2 Å². The molecule has 0 aliphatic carbocycles. The van der Waals surface area contributed by atoms with E-state index in [1.807, 2.05) is 0 Å². The summed E-state index contributed by atoms with van der Waals surface area (Å²) in [6.07, 6.45) is -0.497. The predicted octanol–water partition coefficient (Wildman–Crippen LogP) is 1.85.